The van der Waals surface area contributed by atoms with E-state index in [1.54, 1.807) is 25.1 Å². The minimum absolute atomic E-state index is 0.0704. The average Bonchev–Trinajstić information content (AvgIpc) is 3.01. The van der Waals surface area contributed by atoms with E-state index in [1.807, 2.05) is 13.0 Å². The smallest absolute Gasteiger partial charge is 0.303 e. The molecule has 5 rings (SSSR count). The standard InChI is InChI=1S/C26H27F2NO3/c1-15-9-17(6-7-19(15)28)29-20-8-5-16(27)10-18(20)22-23(29)24(2,3)14-32-26(22)12-25(4,13-26)11-21(30)31/h5-10H,11-14H2,1-4H3,(H,30,31)/t25-,26+. The van der Waals surface area contributed by atoms with Crippen LogP contribution in [0.2, 0.25) is 0 Å². The Labute approximate surface area is 185 Å². The molecule has 1 aliphatic carbocycles. The quantitative estimate of drug-likeness (QED) is 0.545. The zero-order chi connectivity index (χ0) is 23.1. The van der Waals surface area contributed by atoms with Gasteiger partial charge < -0.3 is 14.4 Å². The highest BCUT2D eigenvalue weighted by Gasteiger charge is 2.60. The number of carbonyl (C=O) groups is 1. The second-order valence-corrected chi connectivity index (χ2v) is 10.6. The molecule has 1 saturated carbocycles. The molecule has 1 aromatic heterocycles. The highest BCUT2D eigenvalue weighted by molar-refractivity contribution is 5.89. The molecule has 32 heavy (non-hydrogen) atoms. The lowest BCUT2D eigenvalue weighted by molar-refractivity contribution is -0.195. The molecule has 4 nitrogen and oxygen atoms in total. The summed E-state index contributed by atoms with van der Waals surface area (Å²) in [6.07, 6.45) is 1.20. The van der Waals surface area contributed by atoms with Crippen LogP contribution in [0.3, 0.4) is 0 Å². The van der Waals surface area contributed by atoms with Crippen molar-refractivity contribution in [2.24, 2.45) is 5.41 Å². The molecule has 1 fully saturated rings. The number of nitrogens with zero attached hydrogens (tertiary/aromatic N) is 1. The Kier molecular flexibility index (Phi) is 4.38. The van der Waals surface area contributed by atoms with Crippen molar-refractivity contribution in [2.75, 3.05) is 6.61 Å². The lowest BCUT2D eigenvalue weighted by atomic mass is 9.54. The van der Waals surface area contributed by atoms with Gasteiger partial charge in [-0.05, 0) is 67.1 Å². The molecule has 0 radical (unpaired) electrons. The van der Waals surface area contributed by atoms with Crippen molar-refractivity contribution in [1.82, 2.24) is 4.57 Å². The largest absolute Gasteiger partial charge is 0.481 e. The Balaban J connectivity index is 1.80. The zero-order valence-corrected chi connectivity index (χ0v) is 18.8. The molecule has 1 N–H and O–H groups in total. The van der Waals surface area contributed by atoms with Crippen LogP contribution in [0, 0.1) is 24.0 Å². The highest BCUT2D eigenvalue weighted by Crippen LogP contribution is 2.63. The van der Waals surface area contributed by atoms with Gasteiger partial charge in [0.1, 0.15) is 11.6 Å². The number of rotatable bonds is 3. The van der Waals surface area contributed by atoms with Gasteiger partial charge >= 0.3 is 5.97 Å². The summed E-state index contributed by atoms with van der Waals surface area (Å²) in [5.41, 5.74) is 2.75. The van der Waals surface area contributed by atoms with Gasteiger partial charge in [-0.1, -0.05) is 20.8 Å². The Bertz CT molecular complexity index is 1270. The van der Waals surface area contributed by atoms with Crippen LogP contribution in [0.5, 0.6) is 0 Å². The van der Waals surface area contributed by atoms with E-state index in [0.29, 0.717) is 25.0 Å². The van der Waals surface area contributed by atoms with Crippen molar-refractivity contribution < 1.29 is 23.4 Å². The first-order chi connectivity index (χ1) is 14.9. The molecule has 6 heteroatoms. The molecule has 2 aromatic carbocycles. The number of carboxylic acid groups (broad SMARTS) is 1. The van der Waals surface area contributed by atoms with Gasteiger partial charge in [-0.15, -0.1) is 0 Å². The Morgan fingerprint density at radius 2 is 1.84 bits per heavy atom. The first-order valence-corrected chi connectivity index (χ1v) is 10.9. The minimum Gasteiger partial charge on any atom is -0.481 e. The molecule has 2 aliphatic rings. The summed E-state index contributed by atoms with van der Waals surface area (Å²) in [5, 5.41) is 10.1. The van der Waals surface area contributed by atoms with Crippen molar-refractivity contribution in [3.63, 3.8) is 0 Å². The van der Waals surface area contributed by atoms with Crippen LogP contribution >= 0.6 is 0 Å². The number of hydrogen-bond acceptors (Lipinski definition) is 2. The van der Waals surface area contributed by atoms with Crippen LogP contribution < -0.4 is 0 Å². The summed E-state index contributed by atoms with van der Waals surface area (Å²) in [6, 6.07) is 9.77. The molecule has 0 bridgehead atoms. The molecule has 0 atom stereocenters. The van der Waals surface area contributed by atoms with Gasteiger partial charge in [-0.3, -0.25) is 4.79 Å². The number of ether oxygens (including phenoxy) is 1. The van der Waals surface area contributed by atoms with Crippen molar-refractivity contribution >= 4 is 16.9 Å². The van der Waals surface area contributed by atoms with Crippen LogP contribution in [0.4, 0.5) is 8.78 Å². The molecule has 2 heterocycles. The van der Waals surface area contributed by atoms with Crippen molar-refractivity contribution in [2.45, 2.75) is 58.0 Å². The monoisotopic (exact) mass is 439 g/mol. The fourth-order valence-electron chi connectivity index (χ4n) is 5.96. The van der Waals surface area contributed by atoms with Crippen molar-refractivity contribution in [3.05, 3.63) is 64.9 Å². The van der Waals surface area contributed by atoms with Gasteiger partial charge in [0.15, 0.2) is 0 Å². The average molecular weight is 440 g/mol. The Morgan fingerprint density at radius 3 is 2.50 bits per heavy atom. The third-order valence-electron chi connectivity index (χ3n) is 7.14. The van der Waals surface area contributed by atoms with E-state index in [1.165, 1.54) is 12.1 Å². The molecule has 3 aromatic rings. The molecular weight excluding hydrogens is 412 g/mol. The number of hydrogen-bond donors (Lipinski definition) is 1. The van der Waals surface area contributed by atoms with E-state index >= 15 is 0 Å². The van der Waals surface area contributed by atoms with Gasteiger partial charge in [0.25, 0.3) is 0 Å². The van der Waals surface area contributed by atoms with E-state index in [9.17, 15) is 18.7 Å². The normalized spacial score (nSPS) is 26.2. The molecule has 1 spiro atoms. The molecule has 0 amide bonds. The summed E-state index contributed by atoms with van der Waals surface area (Å²) in [6.45, 7) is 8.35. The topological polar surface area (TPSA) is 51.5 Å². The lowest BCUT2D eigenvalue weighted by Crippen LogP contribution is -2.55. The number of benzene rings is 2. The fraction of sp³-hybridized carbons (Fsp3) is 0.423. The fourth-order valence-corrected chi connectivity index (χ4v) is 5.96. The van der Waals surface area contributed by atoms with E-state index in [2.05, 4.69) is 18.4 Å². The summed E-state index contributed by atoms with van der Waals surface area (Å²) in [4.78, 5) is 11.4. The van der Waals surface area contributed by atoms with Gasteiger partial charge in [-0.25, -0.2) is 8.78 Å². The summed E-state index contributed by atoms with van der Waals surface area (Å²) in [7, 11) is 0. The first-order valence-electron chi connectivity index (χ1n) is 10.9. The number of halogens is 2. The lowest BCUT2D eigenvalue weighted by Gasteiger charge is -2.57. The minimum atomic E-state index is -0.825. The summed E-state index contributed by atoms with van der Waals surface area (Å²) in [5.74, 6) is -1.43. The maximum absolute atomic E-state index is 14.4. The van der Waals surface area contributed by atoms with Crippen LogP contribution in [-0.4, -0.2) is 22.2 Å². The van der Waals surface area contributed by atoms with Crippen LogP contribution in [0.15, 0.2) is 36.4 Å². The Hall–Kier alpha value is -2.73. The third-order valence-corrected chi connectivity index (χ3v) is 7.14. The summed E-state index contributed by atoms with van der Waals surface area (Å²) < 4.78 is 37.1. The van der Waals surface area contributed by atoms with Crippen molar-refractivity contribution in [3.8, 4) is 5.69 Å². The zero-order valence-electron chi connectivity index (χ0n) is 18.8. The van der Waals surface area contributed by atoms with Crippen LogP contribution in [-0.2, 0) is 20.5 Å². The predicted octanol–water partition coefficient (Wildman–Crippen LogP) is 6.00. The van der Waals surface area contributed by atoms with E-state index in [4.69, 9.17) is 4.74 Å². The second-order valence-electron chi connectivity index (χ2n) is 10.6. The van der Waals surface area contributed by atoms with Gasteiger partial charge in [0.2, 0.25) is 0 Å². The summed E-state index contributed by atoms with van der Waals surface area (Å²) >= 11 is 0. The number of aliphatic carboxylic acids is 1. The first kappa shape index (κ1) is 21.1. The number of fused-ring (bicyclic) bond motifs is 4. The second kappa shape index (κ2) is 6.64. The van der Waals surface area contributed by atoms with Crippen LogP contribution in [0.25, 0.3) is 16.6 Å². The molecular formula is C26H27F2NO3. The molecule has 1 aliphatic heterocycles. The van der Waals surface area contributed by atoms with E-state index < -0.39 is 11.6 Å². The van der Waals surface area contributed by atoms with Gasteiger partial charge in [0, 0.05) is 27.7 Å². The third kappa shape index (κ3) is 2.99. The highest BCUT2D eigenvalue weighted by atomic mass is 19.1. The maximum atomic E-state index is 14.4. The van der Waals surface area contributed by atoms with E-state index in [0.717, 1.165) is 27.8 Å². The number of carboxylic acids is 1. The van der Waals surface area contributed by atoms with Crippen molar-refractivity contribution in [1.29, 1.82) is 0 Å². The molecule has 0 unspecified atom stereocenters. The van der Waals surface area contributed by atoms with E-state index in [-0.39, 0.29) is 28.9 Å². The number of aryl methyl sites for hydroxylation is 1. The Morgan fingerprint density at radius 1 is 1.12 bits per heavy atom. The predicted molar refractivity (Wildman–Crippen MR) is 118 cm³/mol. The SMILES string of the molecule is Cc1cc(-n2c3c(c4cc(F)ccc42)[C@]2(C[C@](C)(CC(=O)O)C2)OCC3(C)C)ccc1F. The van der Waals surface area contributed by atoms with Gasteiger partial charge in [0.05, 0.1) is 24.1 Å². The maximum Gasteiger partial charge on any atom is 0.303 e. The number of aromatic nitrogens is 1. The molecule has 0 saturated heterocycles. The van der Waals surface area contributed by atoms with Crippen LogP contribution in [0.1, 0.15) is 56.9 Å². The van der Waals surface area contributed by atoms with Gasteiger partial charge in [-0.2, -0.15) is 0 Å². The molecule has 168 valence electrons.